The van der Waals surface area contributed by atoms with Gasteiger partial charge < -0.3 is 20.1 Å². The molecule has 10 nitrogen and oxygen atoms in total. The van der Waals surface area contributed by atoms with E-state index in [1.807, 2.05) is 73.4 Å². The van der Waals surface area contributed by atoms with E-state index in [-0.39, 0.29) is 6.04 Å². The molecule has 6 rings (SSSR count). The number of aryl methyl sites for hydroxylation is 2. The summed E-state index contributed by atoms with van der Waals surface area (Å²) in [4.78, 5) is 26.5. The molecule has 0 bridgehead atoms. The van der Waals surface area contributed by atoms with Crippen LogP contribution in [-0.2, 0) is 0 Å². The van der Waals surface area contributed by atoms with E-state index < -0.39 is 6.09 Å². The van der Waals surface area contributed by atoms with Crippen LogP contribution in [0.25, 0.3) is 27.7 Å². The zero-order valence-electron chi connectivity index (χ0n) is 22.3. The molecule has 2 aromatic carbocycles. The second-order valence-electron chi connectivity index (χ2n) is 9.98. The monoisotopic (exact) mass is 535 g/mol. The van der Waals surface area contributed by atoms with Crippen LogP contribution in [-0.4, -0.2) is 60.0 Å². The molecule has 1 amide bonds. The number of carbonyl (C=O) groups is 1. The van der Waals surface area contributed by atoms with Gasteiger partial charge in [-0.25, -0.2) is 24.4 Å². The largest absolute Gasteiger partial charge is 0.465 e. The molecule has 1 fully saturated rings. The van der Waals surface area contributed by atoms with Crippen molar-refractivity contribution in [1.29, 1.82) is 0 Å². The molecular weight excluding hydrogens is 506 g/mol. The lowest BCUT2D eigenvalue weighted by molar-refractivity contribution is 0.132. The number of ether oxygens (including phenoxy) is 1. The van der Waals surface area contributed by atoms with Gasteiger partial charge in [0.25, 0.3) is 0 Å². The molecule has 2 N–H and O–H groups in total. The molecule has 202 valence electrons. The van der Waals surface area contributed by atoms with Crippen molar-refractivity contribution in [3.63, 3.8) is 0 Å². The first-order chi connectivity index (χ1) is 19.5. The third-order valence-corrected chi connectivity index (χ3v) is 7.07. The van der Waals surface area contributed by atoms with Gasteiger partial charge in [-0.2, -0.15) is 5.10 Å². The summed E-state index contributed by atoms with van der Waals surface area (Å²) >= 11 is 0. The van der Waals surface area contributed by atoms with Gasteiger partial charge in [-0.05, 0) is 62.1 Å². The summed E-state index contributed by atoms with van der Waals surface area (Å²) in [6.45, 7) is 4.97. The quantitative estimate of drug-likeness (QED) is 0.278. The molecule has 1 saturated heterocycles. The Kier molecular flexibility index (Phi) is 6.73. The lowest BCUT2D eigenvalue weighted by atomic mass is 10.0. The molecule has 5 aromatic rings. The number of aromatic nitrogens is 5. The fourth-order valence-electron chi connectivity index (χ4n) is 5.10. The Morgan fingerprint density at radius 2 is 1.95 bits per heavy atom. The third-order valence-electron chi connectivity index (χ3n) is 7.07. The maximum Gasteiger partial charge on any atom is 0.407 e. The van der Waals surface area contributed by atoms with Gasteiger partial charge >= 0.3 is 6.09 Å². The number of pyridine rings is 1. The first-order valence-corrected chi connectivity index (χ1v) is 13.2. The topological polar surface area (TPSA) is 118 Å². The van der Waals surface area contributed by atoms with Gasteiger partial charge in [0, 0.05) is 48.5 Å². The molecule has 4 heterocycles. The molecule has 0 radical (unpaired) electrons. The van der Waals surface area contributed by atoms with Gasteiger partial charge in [0.1, 0.15) is 5.75 Å². The average Bonchev–Trinajstić information content (AvgIpc) is 3.40. The average molecular weight is 536 g/mol. The van der Waals surface area contributed by atoms with Crippen molar-refractivity contribution in [3.05, 3.63) is 84.4 Å². The van der Waals surface area contributed by atoms with E-state index in [4.69, 9.17) is 9.72 Å². The molecule has 1 aliphatic heterocycles. The van der Waals surface area contributed by atoms with Crippen molar-refractivity contribution in [2.45, 2.75) is 32.7 Å². The number of benzene rings is 2. The number of amides is 1. The maximum atomic E-state index is 11.4. The van der Waals surface area contributed by atoms with E-state index in [1.165, 1.54) is 4.90 Å². The van der Waals surface area contributed by atoms with Crippen LogP contribution < -0.4 is 10.1 Å². The summed E-state index contributed by atoms with van der Waals surface area (Å²) in [6, 6.07) is 15.7. The predicted molar refractivity (Wildman–Crippen MR) is 152 cm³/mol. The van der Waals surface area contributed by atoms with Crippen LogP contribution in [0.5, 0.6) is 11.6 Å². The first kappa shape index (κ1) is 25.3. The van der Waals surface area contributed by atoms with Crippen LogP contribution in [0.1, 0.15) is 24.0 Å². The van der Waals surface area contributed by atoms with Crippen LogP contribution in [0.3, 0.4) is 0 Å². The number of likely N-dealkylation sites (tertiary alicyclic amines) is 1. The number of piperidine rings is 1. The third kappa shape index (κ3) is 5.03. The van der Waals surface area contributed by atoms with E-state index in [0.29, 0.717) is 36.4 Å². The predicted octanol–water partition coefficient (Wildman–Crippen LogP) is 5.84. The highest BCUT2D eigenvalue weighted by Gasteiger charge is 2.24. The summed E-state index contributed by atoms with van der Waals surface area (Å²) < 4.78 is 8.42. The lowest BCUT2D eigenvalue weighted by Crippen LogP contribution is -2.44. The zero-order chi connectivity index (χ0) is 27.6. The van der Waals surface area contributed by atoms with Crippen LogP contribution in [0, 0.1) is 13.8 Å². The van der Waals surface area contributed by atoms with E-state index >= 15 is 0 Å². The molecule has 3 aromatic heterocycles. The Balaban J connectivity index is 1.32. The fourth-order valence-corrected chi connectivity index (χ4v) is 5.10. The minimum atomic E-state index is -0.908. The minimum Gasteiger partial charge on any atom is -0.465 e. The first-order valence-electron chi connectivity index (χ1n) is 13.2. The van der Waals surface area contributed by atoms with Crippen molar-refractivity contribution < 1.29 is 14.6 Å². The molecule has 40 heavy (non-hydrogen) atoms. The summed E-state index contributed by atoms with van der Waals surface area (Å²) in [7, 11) is 0. The number of hydrogen-bond acceptors (Lipinski definition) is 7. The van der Waals surface area contributed by atoms with E-state index in [0.717, 1.165) is 46.0 Å². The van der Waals surface area contributed by atoms with Crippen molar-refractivity contribution in [2.24, 2.45) is 0 Å². The molecule has 0 unspecified atom stereocenters. The molecule has 0 spiro atoms. The van der Waals surface area contributed by atoms with Gasteiger partial charge in [-0.1, -0.05) is 24.3 Å². The molecule has 0 aliphatic carbocycles. The number of nitrogens with one attached hydrogen (secondary N) is 1. The highest BCUT2D eigenvalue weighted by atomic mass is 16.5. The van der Waals surface area contributed by atoms with Crippen molar-refractivity contribution >= 4 is 22.8 Å². The Morgan fingerprint density at radius 3 is 2.77 bits per heavy atom. The number of rotatable bonds is 6. The van der Waals surface area contributed by atoms with E-state index in [1.54, 1.807) is 12.4 Å². The van der Waals surface area contributed by atoms with Gasteiger partial charge in [0.05, 0.1) is 23.1 Å². The zero-order valence-corrected chi connectivity index (χ0v) is 22.3. The summed E-state index contributed by atoms with van der Waals surface area (Å²) in [5.41, 5.74) is 4.40. The molecule has 1 aliphatic rings. The SMILES string of the molecule is Cc1cnn(-c2cccc3c(Oc4ncccc4-c4ccnc(N[C@H]5CCCN(C(=O)O)C5)n4)c(C)ccc23)c1. The van der Waals surface area contributed by atoms with Gasteiger partial charge in [0.15, 0.2) is 0 Å². The Hall–Kier alpha value is -4.99. The normalized spacial score (nSPS) is 15.2. The Labute approximate surface area is 231 Å². The number of fused-ring (bicyclic) bond motifs is 1. The van der Waals surface area contributed by atoms with Crippen molar-refractivity contribution in [3.8, 4) is 28.6 Å². The van der Waals surface area contributed by atoms with E-state index in [2.05, 4.69) is 26.4 Å². The second-order valence-corrected chi connectivity index (χ2v) is 9.98. The van der Waals surface area contributed by atoms with Crippen molar-refractivity contribution in [1.82, 2.24) is 29.6 Å². The molecule has 0 saturated carbocycles. The van der Waals surface area contributed by atoms with Crippen LogP contribution in [0.15, 0.2) is 73.3 Å². The summed E-state index contributed by atoms with van der Waals surface area (Å²) in [5, 5.41) is 19.1. The van der Waals surface area contributed by atoms with Crippen LogP contribution in [0.2, 0.25) is 0 Å². The lowest BCUT2D eigenvalue weighted by Gasteiger charge is -2.31. The van der Waals surface area contributed by atoms with Gasteiger partial charge in [-0.15, -0.1) is 0 Å². The second kappa shape index (κ2) is 10.6. The number of carboxylic acid groups (broad SMARTS) is 1. The minimum absolute atomic E-state index is 0.0594. The van der Waals surface area contributed by atoms with E-state index in [9.17, 15) is 9.90 Å². The number of anilines is 1. The van der Waals surface area contributed by atoms with Crippen LogP contribution in [0.4, 0.5) is 10.7 Å². The molecule has 10 heteroatoms. The number of nitrogens with zero attached hydrogens (tertiary/aromatic N) is 6. The fraction of sp³-hybridized carbons (Fsp3) is 0.233. The highest BCUT2D eigenvalue weighted by Crippen LogP contribution is 2.38. The standard InChI is InChI=1S/C30H29N7O3/c1-19-16-33-37(17-19)26-9-3-7-23-22(26)11-10-20(2)27(23)40-28-24(8-4-13-31-28)25-12-14-32-29(35-25)34-21-6-5-15-36(18-21)30(38)39/h3-4,7-14,16-17,21H,5-6,15,18H2,1-2H3,(H,38,39)(H,32,34,35)/t21-/m0/s1. The highest BCUT2D eigenvalue weighted by molar-refractivity contribution is 5.95. The smallest absolute Gasteiger partial charge is 0.407 e. The Bertz CT molecular complexity index is 1700. The summed E-state index contributed by atoms with van der Waals surface area (Å²) in [5.74, 6) is 1.58. The number of hydrogen-bond donors (Lipinski definition) is 2. The van der Waals surface area contributed by atoms with Crippen molar-refractivity contribution in [2.75, 3.05) is 18.4 Å². The Morgan fingerprint density at radius 1 is 1.05 bits per heavy atom. The maximum absolute atomic E-state index is 11.4. The summed E-state index contributed by atoms with van der Waals surface area (Å²) in [6.07, 6.45) is 7.94. The van der Waals surface area contributed by atoms with Crippen LogP contribution >= 0.6 is 0 Å². The van der Waals surface area contributed by atoms with Gasteiger partial charge in [0.2, 0.25) is 11.8 Å². The van der Waals surface area contributed by atoms with Gasteiger partial charge in [-0.3, -0.25) is 0 Å². The molecular formula is C30H29N7O3. The molecule has 1 atom stereocenters.